The van der Waals surface area contributed by atoms with E-state index < -0.39 is 31.6 Å². The number of nitrogens with zero attached hydrogens (tertiary/aromatic N) is 1. The summed E-state index contributed by atoms with van der Waals surface area (Å²) < 4.78 is 63.4. The van der Waals surface area contributed by atoms with Crippen LogP contribution in [0.3, 0.4) is 0 Å². The summed E-state index contributed by atoms with van der Waals surface area (Å²) in [5.74, 6) is 0.375. The smallest absolute Gasteiger partial charge is 0.243 e. The molecule has 1 spiro atoms. The number of ether oxygens (including phenoxy) is 2. The minimum atomic E-state index is -3.64. The van der Waals surface area contributed by atoms with Crippen molar-refractivity contribution in [2.75, 3.05) is 39.1 Å². The Morgan fingerprint density at radius 2 is 1.77 bits per heavy atom. The molecule has 0 amide bonds. The topological polar surface area (TPSA) is 122 Å². The van der Waals surface area contributed by atoms with Crippen molar-refractivity contribution in [3.05, 3.63) is 65.7 Å². The molecule has 216 valence electrons. The van der Waals surface area contributed by atoms with E-state index in [-0.39, 0.29) is 29.0 Å². The quantitative estimate of drug-likeness (QED) is 0.380. The number of sulfonamides is 1. The maximum Gasteiger partial charge on any atom is 0.243 e. The number of nitrogens with one attached hydrogen (secondary N) is 1. The molecule has 2 unspecified atom stereocenters. The molecule has 0 saturated carbocycles. The number of aliphatic hydroxyl groups excluding tert-OH is 1. The van der Waals surface area contributed by atoms with Crippen molar-refractivity contribution in [3.8, 4) is 5.75 Å². The van der Waals surface area contributed by atoms with Crippen LogP contribution in [0.15, 0.2) is 70.5 Å². The lowest BCUT2D eigenvalue weighted by Crippen LogP contribution is -2.47. The Morgan fingerprint density at radius 1 is 1.05 bits per heavy atom. The maximum absolute atomic E-state index is 13.4. The van der Waals surface area contributed by atoms with Crippen molar-refractivity contribution >= 4 is 42.2 Å². The predicted octanol–water partition coefficient (Wildman–Crippen LogP) is 3.24. The summed E-state index contributed by atoms with van der Waals surface area (Å²) >= 11 is 6.05. The molecule has 2 fully saturated rings. The monoisotopic (exact) mass is 608 g/mol. The summed E-state index contributed by atoms with van der Waals surface area (Å²) in [5, 5.41) is 16.0. The van der Waals surface area contributed by atoms with Gasteiger partial charge in [0.1, 0.15) is 18.5 Å². The van der Waals surface area contributed by atoms with Gasteiger partial charge in [-0.1, -0.05) is 29.8 Å². The molecule has 9 nitrogen and oxygen atoms in total. The Hall–Kier alpha value is -2.25. The molecule has 0 bridgehead atoms. The molecule has 2 aliphatic heterocycles. The second kappa shape index (κ2) is 11.6. The molecule has 0 aromatic heterocycles. The molecular formula is C28H33ClN2O7S2. The molecule has 5 rings (SSSR count). The van der Waals surface area contributed by atoms with E-state index in [0.29, 0.717) is 43.3 Å². The van der Waals surface area contributed by atoms with Gasteiger partial charge in [-0.15, -0.1) is 0 Å². The highest BCUT2D eigenvalue weighted by Gasteiger charge is 2.44. The van der Waals surface area contributed by atoms with Gasteiger partial charge in [0.25, 0.3) is 0 Å². The first-order chi connectivity index (χ1) is 18.9. The first-order valence-electron chi connectivity index (χ1n) is 13.1. The fourth-order valence-electron chi connectivity index (χ4n) is 5.31. The van der Waals surface area contributed by atoms with E-state index in [1.54, 1.807) is 36.4 Å². The number of hydrogen-bond donors (Lipinski definition) is 2. The molecule has 2 saturated heterocycles. The summed E-state index contributed by atoms with van der Waals surface area (Å²) in [6.45, 7) is 1.51. The molecule has 3 aromatic carbocycles. The van der Waals surface area contributed by atoms with Gasteiger partial charge in [-0.3, -0.25) is 0 Å². The van der Waals surface area contributed by atoms with Gasteiger partial charge < -0.3 is 19.9 Å². The van der Waals surface area contributed by atoms with E-state index in [9.17, 15) is 21.9 Å². The molecule has 0 aliphatic carbocycles. The van der Waals surface area contributed by atoms with Crippen LogP contribution in [0.5, 0.6) is 5.75 Å². The maximum atomic E-state index is 13.4. The SMILES string of the molecule is CS(=O)(=O)c1cccc(OCC(O)CNC2COC3(CCN(S(=O)(=O)c4ccc5cc(Cl)ccc5c4)CC3)C2)c1. The Morgan fingerprint density at radius 3 is 2.52 bits per heavy atom. The van der Waals surface area contributed by atoms with E-state index in [4.69, 9.17) is 21.1 Å². The highest BCUT2D eigenvalue weighted by Crippen LogP contribution is 2.37. The Balaban J connectivity index is 1.10. The van der Waals surface area contributed by atoms with Crippen molar-refractivity contribution < 1.29 is 31.4 Å². The zero-order valence-corrected chi connectivity index (χ0v) is 24.5. The molecule has 2 aliphatic rings. The normalized spacial score (nSPS) is 20.6. The lowest BCUT2D eigenvalue weighted by Gasteiger charge is -2.38. The molecule has 2 N–H and O–H groups in total. The van der Waals surface area contributed by atoms with Crippen LogP contribution in [0.2, 0.25) is 5.02 Å². The number of halogens is 1. The van der Waals surface area contributed by atoms with Crippen LogP contribution in [0.4, 0.5) is 0 Å². The second-order valence-corrected chi connectivity index (χ2v) is 15.0. The minimum absolute atomic E-state index is 0.00751. The number of hydrogen-bond acceptors (Lipinski definition) is 8. The first-order valence-corrected chi connectivity index (χ1v) is 16.8. The van der Waals surface area contributed by atoms with Crippen LogP contribution >= 0.6 is 11.6 Å². The fourth-order valence-corrected chi connectivity index (χ4v) is 7.62. The summed E-state index contributed by atoms with van der Waals surface area (Å²) in [6.07, 6.45) is 2.24. The van der Waals surface area contributed by atoms with E-state index in [2.05, 4.69) is 5.32 Å². The van der Waals surface area contributed by atoms with Crippen molar-refractivity contribution in [2.24, 2.45) is 0 Å². The third kappa shape index (κ3) is 6.62. The van der Waals surface area contributed by atoms with Crippen molar-refractivity contribution in [3.63, 3.8) is 0 Å². The summed E-state index contributed by atoms with van der Waals surface area (Å²) in [6, 6.07) is 16.7. The van der Waals surface area contributed by atoms with Gasteiger partial charge >= 0.3 is 0 Å². The average Bonchev–Trinajstić information content (AvgIpc) is 3.32. The Bertz CT molecular complexity index is 1590. The van der Waals surface area contributed by atoms with E-state index >= 15 is 0 Å². The highest BCUT2D eigenvalue weighted by atomic mass is 35.5. The Kier molecular flexibility index (Phi) is 8.45. The van der Waals surface area contributed by atoms with Gasteiger partial charge in [-0.05, 0) is 72.5 Å². The first kappa shape index (κ1) is 29.2. The Labute approximate surface area is 240 Å². The van der Waals surface area contributed by atoms with Gasteiger partial charge in [-0.25, -0.2) is 16.8 Å². The standard InChI is InChI=1S/C28H33ClN2O7S2/c1-39(33,34)26-4-2-3-25(15-26)37-19-24(32)17-30-23-16-28(38-18-23)9-11-31(12-10-28)40(35,36)27-8-6-20-13-22(29)7-5-21(20)14-27/h2-8,13-15,23-24,30,32H,9-12,16-19H2,1H3. The number of aliphatic hydroxyl groups is 1. The van der Waals surface area contributed by atoms with Crippen LogP contribution in [0.25, 0.3) is 10.8 Å². The van der Waals surface area contributed by atoms with Gasteiger partial charge in [0, 0.05) is 37.0 Å². The molecule has 2 atom stereocenters. The van der Waals surface area contributed by atoms with Gasteiger partial charge in [0.2, 0.25) is 10.0 Å². The second-order valence-electron chi connectivity index (χ2n) is 10.6. The lowest BCUT2D eigenvalue weighted by atomic mass is 9.88. The number of fused-ring (bicyclic) bond motifs is 1. The number of benzene rings is 3. The van der Waals surface area contributed by atoms with E-state index in [1.165, 1.54) is 16.4 Å². The van der Waals surface area contributed by atoms with Gasteiger partial charge in [-0.2, -0.15) is 4.31 Å². The largest absolute Gasteiger partial charge is 0.491 e. The third-order valence-electron chi connectivity index (χ3n) is 7.57. The minimum Gasteiger partial charge on any atom is -0.491 e. The van der Waals surface area contributed by atoms with E-state index in [0.717, 1.165) is 23.4 Å². The molecular weight excluding hydrogens is 576 g/mol. The third-order valence-corrected chi connectivity index (χ3v) is 10.8. The molecule has 2 heterocycles. The van der Waals surface area contributed by atoms with Crippen LogP contribution in [-0.4, -0.2) is 83.1 Å². The summed E-state index contributed by atoms with van der Waals surface area (Å²) in [4.78, 5) is 0.428. The summed E-state index contributed by atoms with van der Waals surface area (Å²) in [5.41, 5.74) is -0.392. The van der Waals surface area contributed by atoms with Crippen LogP contribution in [-0.2, 0) is 24.6 Å². The van der Waals surface area contributed by atoms with Gasteiger partial charge in [0.05, 0.1) is 22.0 Å². The van der Waals surface area contributed by atoms with Crippen molar-refractivity contribution in [1.29, 1.82) is 0 Å². The summed E-state index contributed by atoms with van der Waals surface area (Å²) in [7, 11) is -6.98. The van der Waals surface area contributed by atoms with Crippen molar-refractivity contribution in [2.45, 2.75) is 46.8 Å². The van der Waals surface area contributed by atoms with E-state index in [1.807, 2.05) is 12.1 Å². The average molecular weight is 609 g/mol. The lowest BCUT2D eigenvalue weighted by molar-refractivity contribution is -0.0312. The van der Waals surface area contributed by atoms with Crippen LogP contribution in [0.1, 0.15) is 19.3 Å². The zero-order valence-electron chi connectivity index (χ0n) is 22.1. The number of sulfone groups is 1. The van der Waals surface area contributed by atoms with Crippen LogP contribution in [0, 0.1) is 0 Å². The molecule has 0 radical (unpaired) electrons. The fraction of sp³-hybridized carbons (Fsp3) is 0.429. The highest BCUT2D eigenvalue weighted by molar-refractivity contribution is 7.90. The van der Waals surface area contributed by atoms with Crippen LogP contribution < -0.4 is 10.1 Å². The number of piperidine rings is 1. The molecule has 40 heavy (non-hydrogen) atoms. The zero-order chi connectivity index (χ0) is 28.5. The van der Waals surface area contributed by atoms with Gasteiger partial charge in [0.15, 0.2) is 9.84 Å². The predicted molar refractivity (Wildman–Crippen MR) is 153 cm³/mol. The number of rotatable bonds is 9. The molecule has 3 aromatic rings. The van der Waals surface area contributed by atoms with Crippen molar-refractivity contribution in [1.82, 2.24) is 9.62 Å². The molecule has 12 heteroatoms.